The molecule has 0 radical (unpaired) electrons. The summed E-state index contributed by atoms with van der Waals surface area (Å²) in [6.07, 6.45) is 0.263. The Balaban J connectivity index is 2.44. The molecule has 0 aromatic heterocycles. The molecule has 0 saturated carbocycles. The van der Waals surface area contributed by atoms with Crippen LogP contribution in [-0.2, 0) is 11.2 Å². The number of carbonyl (C=O) groups is 1. The molecule has 1 aromatic rings. The molecule has 106 valence electrons. The molecule has 2 N–H and O–H groups in total. The number of benzene rings is 1. The van der Waals surface area contributed by atoms with Gasteiger partial charge in [-0.3, -0.25) is 4.79 Å². The number of halogens is 1. The van der Waals surface area contributed by atoms with Crippen LogP contribution in [0.25, 0.3) is 0 Å². The van der Waals surface area contributed by atoms with Crippen molar-refractivity contribution in [3.63, 3.8) is 0 Å². The van der Waals surface area contributed by atoms with E-state index in [1.165, 1.54) is 0 Å². The van der Waals surface area contributed by atoms with Gasteiger partial charge in [0.2, 0.25) is 5.91 Å². The first-order valence-electron chi connectivity index (χ1n) is 6.17. The van der Waals surface area contributed by atoms with Gasteiger partial charge in [0.15, 0.2) is 0 Å². The molecule has 5 heteroatoms. The fourth-order valence-electron chi connectivity index (χ4n) is 1.92. The van der Waals surface area contributed by atoms with Gasteiger partial charge in [0, 0.05) is 18.1 Å². The molecule has 1 atom stereocenters. The number of hydrogen-bond donors (Lipinski definition) is 2. The van der Waals surface area contributed by atoms with Crippen LogP contribution in [-0.4, -0.2) is 48.7 Å². The van der Waals surface area contributed by atoms with E-state index in [1.807, 2.05) is 31.1 Å². The minimum atomic E-state index is -0.937. The van der Waals surface area contributed by atoms with Crippen molar-refractivity contribution < 1.29 is 9.90 Å². The lowest BCUT2D eigenvalue weighted by Gasteiger charge is -2.27. The third-order valence-electron chi connectivity index (χ3n) is 2.58. The molecule has 0 bridgehead atoms. The third-order valence-corrected chi connectivity index (χ3v) is 2.81. The Morgan fingerprint density at radius 3 is 2.74 bits per heavy atom. The Hall–Kier alpha value is -1.10. The van der Waals surface area contributed by atoms with Gasteiger partial charge >= 0.3 is 0 Å². The lowest BCUT2D eigenvalue weighted by Crippen LogP contribution is -2.47. The Morgan fingerprint density at radius 2 is 2.16 bits per heavy atom. The highest BCUT2D eigenvalue weighted by Gasteiger charge is 2.21. The van der Waals surface area contributed by atoms with Crippen LogP contribution in [0.1, 0.15) is 12.5 Å². The average Bonchev–Trinajstić information content (AvgIpc) is 2.25. The van der Waals surface area contributed by atoms with Gasteiger partial charge in [-0.1, -0.05) is 23.7 Å². The minimum absolute atomic E-state index is 0.124. The highest BCUT2D eigenvalue weighted by molar-refractivity contribution is 6.30. The zero-order valence-electron chi connectivity index (χ0n) is 11.6. The molecular formula is C14H21ClN2O2. The summed E-state index contributed by atoms with van der Waals surface area (Å²) in [7, 11) is 3.75. The van der Waals surface area contributed by atoms with E-state index < -0.39 is 5.60 Å². The minimum Gasteiger partial charge on any atom is -0.387 e. The third kappa shape index (κ3) is 6.57. The lowest BCUT2D eigenvalue weighted by molar-refractivity contribution is -0.121. The van der Waals surface area contributed by atoms with Crippen molar-refractivity contribution in [2.24, 2.45) is 0 Å². The summed E-state index contributed by atoms with van der Waals surface area (Å²) < 4.78 is 0. The Labute approximate surface area is 119 Å². The summed E-state index contributed by atoms with van der Waals surface area (Å²) in [5, 5.41) is 13.4. The summed E-state index contributed by atoms with van der Waals surface area (Å²) in [5.74, 6) is -0.124. The summed E-state index contributed by atoms with van der Waals surface area (Å²) in [6.45, 7) is 2.42. The number of rotatable bonds is 6. The van der Waals surface area contributed by atoms with Crippen LogP contribution in [0.5, 0.6) is 0 Å². The van der Waals surface area contributed by atoms with E-state index in [-0.39, 0.29) is 18.9 Å². The highest BCUT2D eigenvalue weighted by atomic mass is 35.5. The predicted octanol–water partition coefficient (Wildman–Crippen LogP) is 1.31. The van der Waals surface area contributed by atoms with Gasteiger partial charge in [-0.25, -0.2) is 0 Å². The Kier molecular flexibility index (Phi) is 5.79. The summed E-state index contributed by atoms with van der Waals surface area (Å²) in [5.41, 5.74) is -0.0784. The van der Waals surface area contributed by atoms with Gasteiger partial charge in [-0.2, -0.15) is 0 Å². The van der Waals surface area contributed by atoms with E-state index in [2.05, 4.69) is 5.32 Å². The van der Waals surface area contributed by atoms with Crippen LogP contribution in [0.3, 0.4) is 0 Å². The molecule has 1 rings (SSSR count). The van der Waals surface area contributed by atoms with Crippen molar-refractivity contribution >= 4 is 17.5 Å². The summed E-state index contributed by atoms with van der Waals surface area (Å²) >= 11 is 5.86. The summed E-state index contributed by atoms with van der Waals surface area (Å²) in [4.78, 5) is 13.7. The number of carbonyl (C=O) groups excluding carboxylic acids is 1. The normalized spacial score (nSPS) is 14.2. The van der Waals surface area contributed by atoms with Crippen LogP contribution in [0.4, 0.5) is 0 Å². The van der Waals surface area contributed by atoms with E-state index in [1.54, 1.807) is 19.1 Å². The second kappa shape index (κ2) is 6.89. The first-order chi connectivity index (χ1) is 8.78. The molecular weight excluding hydrogens is 264 g/mol. The zero-order chi connectivity index (χ0) is 14.5. The fraction of sp³-hybridized carbons (Fsp3) is 0.500. The van der Waals surface area contributed by atoms with E-state index in [0.717, 1.165) is 5.56 Å². The smallest absolute Gasteiger partial charge is 0.224 e. The van der Waals surface area contributed by atoms with Gasteiger partial charge in [-0.05, 0) is 38.7 Å². The van der Waals surface area contributed by atoms with Crippen molar-refractivity contribution in [2.75, 3.05) is 27.2 Å². The molecule has 1 aromatic carbocycles. The second-order valence-corrected chi connectivity index (χ2v) is 5.75. The second-order valence-electron chi connectivity index (χ2n) is 5.32. The van der Waals surface area contributed by atoms with Crippen molar-refractivity contribution in [1.82, 2.24) is 10.2 Å². The number of hydrogen-bond acceptors (Lipinski definition) is 3. The van der Waals surface area contributed by atoms with E-state index >= 15 is 0 Å². The maximum absolute atomic E-state index is 11.8. The van der Waals surface area contributed by atoms with Gasteiger partial charge in [0.1, 0.15) is 0 Å². The standard InChI is InChI=1S/C14H21ClN2O2/c1-14(19,10-17(2)3)9-16-13(18)8-11-5-4-6-12(15)7-11/h4-7,19H,8-10H2,1-3H3,(H,16,18). The largest absolute Gasteiger partial charge is 0.387 e. The van der Waals surface area contributed by atoms with Gasteiger partial charge in [-0.15, -0.1) is 0 Å². The zero-order valence-corrected chi connectivity index (χ0v) is 12.4. The molecule has 0 aliphatic rings. The van der Waals surface area contributed by atoms with Crippen molar-refractivity contribution in [1.29, 1.82) is 0 Å². The summed E-state index contributed by atoms with van der Waals surface area (Å²) in [6, 6.07) is 7.19. The molecule has 4 nitrogen and oxygen atoms in total. The van der Waals surface area contributed by atoms with E-state index in [9.17, 15) is 9.90 Å². The van der Waals surface area contributed by atoms with Crippen LogP contribution in [0.2, 0.25) is 5.02 Å². The van der Waals surface area contributed by atoms with Crippen molar-refractivity contribution in [2.45, 2.75) is 18.9 Å². The molecule has 0 fully saturated rings. The molecule has 1 unspecified atom stereocenters. The van der Waals surface area contributed by atoms with E-state index in [4.69, 9.17) is 11.6 Å². The van der Waals surface area contributed by atoms with Crippen LogP contribution >= 0.6 is 11.6 Å². The van der Waals surface area contributed by atoms with Crippen LogP contribution in [0.15, 0.2) is 24.3 Å². The predicted molar refractivity (Wildman–Crippen MR) is 77.3 cm³/mol. The Morgan fingerprint density at radius 1 is 1.47 bits per heavy atom. The van der Waals surface area contributed by atoms with Gasteiger partial charge in [0.25, 0.3) is 0 Å². The molecule has 0 heterocycles. The Bertz CT molecular complexity index is 433. The lowest BCUT2D eigenvalue weighted by atomic mass is 10.1. The molecule has 0 aliphatic heterocycles. The first kappa shape index (κ1) is 16.0. The van der Waals surface area contributed by atoms with Gasteiger partial charge < -0.3 is 15.3 Å². The van der Waals surface area contributed by atoms with Crippen LogP contribution < -0.4 is 5.32 Å². The first-order valence-corrected chi connectivity index (χ1v) is 6.54. The quantitative estimate of drug-likeness (QED) is 0.828. The maximum Gasteiger partial charge on any atom is 0.224 e. The molecule has 0 spiro atoms. The number of aliphatic hydroxyl groups is 1. The number of nitrogens with zero attached hydrogens (tertiary/aromatic N) is 1. The number of nitrogens with one attached hydrogen (secondary N) is 1. The SMILES string of the molecule is CN(C)CC(C)(O)CNC(=O)Cc1cccc(Cl)c1. The fourth-order valence-corrected chi connectivity index (χ4v) is 2.13. The maximum atomic E-state index is 11.8. The topological polar surface area (TPSA) is 52.6 Å². The number of likely N-dealkylation sites (N-methyl/N-ethyl adjacent to an activating group) is 1. The van der Waals surface area contributed by atoms with Crippen LogP contribution in [0, 0.1) is 0 Å². The molecule has 1 amide bonds. The highest BCUT2D eigenvalue weighted by Crippen LogP contribution is 2.11. The van der Waals surface area contributed by atoms with Crippen molar-refractivity contribution in [3.8, 4) is 0 Å². The molecule has 0 saturated heterocycles. The van der Waals surface area contributed by atoms with E-state index in [0.29, 0.717) is 11.6 Å². The monoisotopic (exact) mass is 284 g/mol. The van der Waals surface area contributed by atoms with Crippen molar-refractivity contribution in [3.05, 3.63) is 34.9 Å². The number of amides is 1. The molecule has 19 heavy (non-hydrogen) atoms. The van der Waals surface area contributed by atoms with Gasteiger partial charge in [0.05, 0.1) is 12.0 Å². The molecule has 0 aliphatic carbocycles. The average molecular weight is 285 g/mol.